The van der Waals surface area contributed by atoms with E-state index in [1.165, 1.54) is 16.0 Å². The molecule has 0 bridgehead atoms. The molecule has 1 amide bonds. The maximum Gasteiger partial charge on any atom is 0.267 e. The highest BCUT2D eigenvalue weighted by Crippen LogP contribution is 2.23. The van der Waals surface area contributed by atoms with Gasteiger partial charge in [0, 0.05) is 23.5 Å². The minimum atomic E-state index is -0.205. The van der Waals surface area contributed by atoms with Crippen LogP contribution in [-0.4, -0.2) is 33.2 Å². The summed E-state index contributed by atoms with van der Waals surface area (Å²) in [6, 6.07) is 6.05. The van der Waals surface area contributed by atoms with E-state index >= 15 is 0 Å². The van der Waals surface area contributed by atoms with Crippen LogP contribution in [0.1, 0.15) is 41.8 Å². The smallest absolute Gasteiger partial charge is 0.267 e. The Morgan fingerprint density at radius 1 is 1.36 bits per heavy atom. The molecule has 2 aromatic heterocycles. The molecule has 134 valence electrons. The van der Waals surface area contributed by atoms with Crippen molar-refractivity contribution in [2.24, 2.45) is 0 Å². The zero-order chi connectivity index (χ0) is 17.8. The van der Waals surface area contributed by atoms with E-state index < -0.39 is 0 Å². The number of aromatic nitrogens is 2. The third-order valence-corrected chi connectivity index (χ3v) is 5.91. The molecular weight excluding hydrogens is 334 g/mol. The Bertz CT molecular complexity index is 782. The fourth-order valence-corrected chi connectivity index (χ4v) is 4.12. The predicted octanol–water partition coefficient (Wildman–Crippen LogP) is 2.94. The SMILES string of the molecule is Cc1cc(=O)n(CC(=O)N2CCCC[C@H]2CCc2cccs2)nc1C. The van der Waals surface area contributed by atoms with Gasteiger partial charge in [0.05, 0.1) is 5.69 Å². The Hall–Kier alpha value is -1.95. The van der Waals surface area contributed by atoms with E-state index in [1.807, 2.05) is 18.7 Å². The van der Waals surface area contributed by atoms with Gasteiger partial charge in [0.25, 0.3) is 5.56 Å². The monoisotopic (exact) mass is 359 g/mol. The molecule has 1 aliphatic rings. The van der Waals surface area contributed by atoms with Gasteiger partial charge < -0.3 is 4.90 Å². The van der Waals surface area contributed by atoms with Crippen LogP contribution < -0.4 is 5.56 Å². The fraction of sp³-hybridized carbons (Fsp3) is 0.526. The van der Waals surface area contributed by atoms with Crippen LogP contribution in [0.4, 0.5) is 0 Å². The lowest BCUT2D eigenvalue weighted by atomic mass is 9.97. The molecule has 0 radical (unpaired) electrons. The van der Waals surface area contributed by atoms with Crippen molar-refractivity contribution in [3.8, 4) is 0 Å². The Labute approximate surface area is 152 Å². The van der Waals surface area contributed by atoms with E-state index in [0.29, 0.717) is 0 Å². The van der Waals surface area contributed by atoms with Gasteiger partial charge in [0.2, 0.25) is 5.91 Å². The first-order valence-electron chi connectivity index (χ1n) is 8.92. The first-order valence-corrected chi connectivity index (χ1v) is 9.80. The van der Waals surface area contributed by atoms with Crippen molar-refractivity contribution >= 4 is 17.2 Å². The second-order valence-corrected chi connectivity index (χ2v) is 7.80. The molecule has 1 fully saturated rings. The lowest BCUT2D eigenvalue weighted by Gasteiger charge is -2.36. The average Bonchev–Trinajstić information content (AvgIpc) is 3.11. The highest BCUT2D eigenvalue weighted by molar-refractivity contribution is 7.09. The molecule has 0 unspecified atom stereocenters. The summed E-state index contributed by atoms with van der Waals surface area (Å²) >= 11 is 1.77. The molecular formula is C19H25N3O2S. The van der Waals surface area contributed by atoms with Crippen LogP contribution in [0.3, 0.4) is 0 Å². The summed E-state index contributed by atoms with van der Waals surface area (Å²) in [5, 5.41) is 6.37. The molecule has 6 heteroatoms. The van der Waals surface area contributed by atoms with E-state index in [0.717, 1.165) is 43.5 Å². The number of thiophene rings is 1. The molecule has 1 saturated heterocycles. The quantitative estimate of drug-likeness (QED) is 0.825. The van der Waals surface area contributed by atoms with Crippen LogP contribution in [0.5, 0.6) is 0 Å². The summed E-state index contributed by atoms with van der Waals surface area (Å²) in [6.45, 7) is 4.55. The van der Waals surface area contributed by atoms with E-state index in [-0.39, 0.29) is 24.1 Å². The maximum absolute atomic E-state index is 12.8. The van der Waals surface area contributed by atoms with Crippen LogP contribution in [-0.2, 0) is 17.8 Å². The molecule has 25 heavy (non-hydrogen) atoms. The summed E-state index contributed by atoms with van der Waals surface area (Å²) in [5.74, 6) is 0.00809. The summed E-state index contributed by atoms with van der Waals surface area (Å²) in [6.07, 6.45) is 5.25. The first-order chi connectivity index (χ1) is 12.0. The molecule has 0 aromatic carbocycles. The van der Waals surface area contributed by atoms with Crippen molar-refractivity contribution in [1.82, 2.24) is 14.7 Å². The van der Waals surface area contributed by atoms with E-state index in [1.54, 1.807) is 17.4 Å². The molecule has 2 aromatic rings. The number of aryl methyl sites for hydroxylation is 3. The van der Waals surface area contributed by atoms with Crippen molar-refractivity contribution in [2.75, 3.05) is 6.54 Å². The van der Waals surface area contributed by atoms with E-state index in [2.05, 4.69) is 22.6 Å². The number of nitrogens with zero attached hydrogens (tertiary/aromatic N) is 3. The third kappa shape index (κ3) is 4.37. The molecule has 1 atom stereocenters. The van der Waals surface area contributed by atoms with Crippen molar-refractivity contribution in [3.63, 3.8) is 0 Å². The van der Waals surface area contributed by atoms with Crippen LogP contribution in [0.15, 0.2) is 28.4 Å². The topological polar surface area (TPSA) is 55.2 Å². The number of carbonyl (C=O) groups excluding carboxylic acids is 1. The summed E-state index contributed by atoms with van der Waals surface area (Å²) in [5.41, 5.74) is 1.45. The van der Waals surface area contributed by atoms with E-state index in [9.17, 15) is 9.59 Å². The normalized spacial score (nSPS) is 17.7. The van der Waals surface area contributed by atoms with Gasteiger partial charge in [0.1, 0.15) is 6.54 Å². The Balaban J connectivity index is 1.68. The number of carbonyl (C=O) groups is 1. The average molecular weight is 359 g/mol. The fourth-order valence-electron chi connectivity index (χ4n) is 3.40. The number of amides is 1. The van der Waals surface area contributed by atoms with E-state index in [4.69, 9.17) is 0 Å². The molecule has 0 N–H and O–H groups in total. The molecule has 0 aliphatic carbocycles. The molecule has 1 aliphatic heterocycles. The van der Waals surface area contributed by atoms with Gasteiger partial charge in [0.15, 0.2) is 0 Å². The number of piperidine rings is 1. The highest BCUT2D eigenvalue weighted by atomic mass is 32.1. The highest BCUT2D eigenvalue weighted by Gasteiger charge is 2.27. The predicted molar refractivity (Wildman–Crippen MR) is 100.0 cm³/mol. The summed E-state index contributed by atoms with van der Waals surface area (Å²) in [7, 11) is 0. The Morgan fingerprint density at radius 2 is 2.20 bits per heavy atom. The molecule has 3 rings (SSSR count). The van der Waals surface area contributed by atoms with Crippen molar-refractivity contribution < 1.29 is 4.79 Å². The molecule has 3 heterocycles. The van der Waals surface area contributed by atoms with Crippen molar-refractivity contribution in [1.29, 1.82) is 0 Å². The van der Waals surface area contributed by atoms with Crippen LogP contribution in [0.25, 0.3) is 0 Å². The van der Waals surface area contributed by atoms with Gasteiger partial charge in [-0.2, -0.15) is 5.10 Å². The maximum atomic E-state index is 12.8. The van der Waals surface area contributed by atoms with Crippen LogP contribution >= 0.6 is 11.3 Å². The lowest BCUT2D eigenvalue weighted by molar-refractivity contribution is -0.136. The second-order valence-electron chi connectivity index (χ2n) is 6.76. The van der Waals surface area contributed by atoms with Crippen molar-refractivity contribution in [2.45, 2.75) is 58.5 Å². The Morgan fingerprint density at radius 3 is 2.96 bits per heavy atom. The van der Waals surface area contributed by atoms with Crippen LogP contribution in [0.2, 0.25) is 0 Å². The molecule has 5 nitrogen and oxygen atoms in total. The molecule has 0 saturated carbocycles. The zero-order valence-corrected chi connectivity index (χ0v) is 15.7. The van der Waals surface area contributed by atoms with Gasteiger partial charge in [-0.05, 0) is 63.0 Å². The largest absolute Gasteiger partial charge is 0.338 e. The van der Waals surface area contributed by atoms with Gasteiger partial charge in [-0.25, -0.2) is 4.68 Å². The summed E-state index contributed by atoms with van der Waals surface area (Å²) < 4.78 is 1.30. The number of hydrogen-bond donors (Lipinski definition) is 0. The number of rotatable bonds is 5. The summed E-state index contributed by atoms with van der Waals surface area (Å²) in [4.78, 5) is 28.3. The Kier molecular flexibility index (Phi) is 5.68. The number of likely N-dealkylation sites (tertiary alicyclic amines) is 1. The third-order valence-electron chi connectivity index (χ3n) is 4.97. The second kappa shape index (κ2) is 7.95. The van der Waals surface area contributed by atoms with Gasteiger partial charge in [-0.1, -0.05) is 6.07 Å². The standard InChI is InChI=1S/C19H25N3O2S/c1-14-12-18(23)22(20-15(14)2)13-19(24)21-10-4-3-6-16(21)8-9-17-7-5-11-25-17/h5,7,11-12,16H,3-4,6,8-10,13H2,1-2H3/t16-/m0/s1. The minimum absolute atomic E-state index is 0.00809. The number of hydrogen-bond acceptors (Lipinski definition) is 4. The first kappa shape index (κ1) is 17.9. The van der Waals surface area contributed by atoms with Crippen molar-refractivity contribution in [3.05, 3.63) is 50.1 Å². The van der Waals surface area contributed by atoms with Gasteiger partial charge in [-0.15, -0.1) is 11.3 Å². The lowest BCUT2D eigenvalue weighted by Crippen LogP contribution is -2.46. The van der Waals surface area contributed by atoms with Gasteiger partial charge >= 0.3 is 0 Å². The minimum Gasteiger partial charge on any atom is -0.338 e. The molecule has 0 spiro atoms. The van der Waals surface area contributed by atoms with Gasteiger partial charge in [-0.3, -0.25) is 9.59 Å². The van der Waals surface area contributed by atoms with Crippen LogP contribution in [0, 0.1) is 13.8 Å². The zero-order valence-electron chi connectivity index (χ0n) is 14.9.